The Bertz CT molecular complexity index is 777. The number of carbonyl (C=O) groups excluding carboxylic acids is 1. The maximum absolute atomic E-state index is 12.6. The Morgan fingerprint density at radius 3 is 2.84 bits per heavy atom. The number of rotatable bonds is 4. The van der Waals surface area contributed by atoms with Crippen LogP contribution in [0, 0.1) is 0 Å². The largest absolute Gasteiger partial charge is 0.453 e. The smallest absolute Gasteiger partial charge is 0.349 e. The summed E-state index contributed by atoms with van der Waals surface area (Å²) >= 11 is 0.814. The number of hydrogen-bond acceptors (Lipinski definition) is 5. The van der Waals surface area contributed by atoms with E-state index in [4.69, 9.17) is 5.84 Å². The number of nitrogens with two attached hydrogens (primary N) is 1. The van der Waals surface area contributed by atoms with Crippen LogP contribution in [0.4, 0.5) is 13.2 Å². The first-order valence-electron chi connectivity index (χ1n) is 7.64. The first-order chi connectivity index (χ1) is 11.9. The zero-order chi connectivity index (χ0) is 18.0. The van der Waals surface area contributed by atoms with Crippen LogP contribution in [0.2, 0.25) is 0 Å². The van der Waals surface area contributed by atoms with Gasteiger partial charge in [0.25, 0.3) is 5.82 Å². The number of aromatic nitrogens is 3. The Morgan fingerprint density at radius 2 is 2.12 bits per heavy atom. The Hall–Kier alpha value is -2.23. The molecule has 0 aliphatic heterocycles. The summed E-state index contributed by atoms with van der Waals surface area (Å²) in [5.74, 6) is 3.67. The van der Waals surface area contributed by atoms with E-state index in [2.05, 4.69) is 15.5 Å². The van der Waals surface area contributed by atoms with Gasteiger partial charge in [-0.1, -0.05) is 36.0 Å². The highest BCUT2D eigenvalue weighted by molar-refractivity contribution is 7.99. The van der Waals surface area contributed by atoms with Gasteiger partial charge in [0, 0.05) is 0 Å². The van der Waals surface area contributed by atoms with Crippen LogP contribution in [0.15, 0.2) is 29.4 Å². The van der Waals surface area contributed by atoms with Crippen molar-refractivity contribution in [1.82, 2.24) is 20.2 Å². The molecule has 0 fully saturated rings. The lowest BCUT2D eigenvalue weighted by molar-refractivity contribution is -0.146. The zero-order valence-electron chi connectivity index (χ0n) is 13.1. The van der Waals surface area contributed by atoms with E-state index in [1.54, 1.807) is 0 Å². The minimum atomic E-state index is -4.69. The predicted octanol–water partition coefficient (Wildman–Crippen LogP) is 2.30. The van der Waals surface area contributed by atoms with E-state index in [0.29, 0.717) is 4.68 Å². The van der Waals surface area contributed by atoms with E-state index in [-0.39, 0.29) is 22.9 Å². The molecule has 0 radical (unpaired) electrons. The number of nitrogen functional groups attached to an aromatic ring is 1. The molecule has 134 valence electrons. The van der Waals surface area contributed by atoms with Gasteiger partial charge in [-0.25, -0.2) is 4.68 Å². The van der Waals surface area contributed by atoms with E-state index in [0.717, 1.165) is 36.6 Å². The highest BCUT2D eigenvalue weighted by Crippen LogP contribution is 2.30. The molecule has 1 aromatic heterocycles. The molecule has 0 saturated heterocycles. The van der Waals surface area contributed by atoms with Crippen molar-refractivity contribution in [1.29, 1.82) is 0 Å². The molecule has 10 heteroatoms. The minimum Gasteiger partial charge on any atom is -0.349 e. The van der Waals surface area contributed by atoms with Crippen LogP contribution in [0.1, 0.15) is 35.8 Å². The van der Waals surface area contributed by atoms with Crippen LogP contribution in [0.5, 0.6) is 0 Å². The van der Waals surface area contributed by atoms with Crippen molar-refractivity contribution in [2.75, 3.05) is 11.6 Å². The molecule has 1 atom stereocenters. The van der Waals surface area contributed by atoms with Gasteiger partial charge in [0.15, 0.2) is 0 Å². The Morgan fingerprint density at radius 1 is 1.36 bits per heavy atom. The van der Waals surface area contributed by atoms with Gasteiger partial charge in [-0.05, 0) is 30.4 Å². The first-order valence-corrected chi connectivity index (χ1v) is 8.62. The number of benzene rings is 1. The SMILES string of the molecule is Nn1c(SCC(=O)N[C@H]2CCCc3ccccc32)nnc1C(F)(F)F. The second kappa shape index (κ2) is 6.95. The summed E-state index contributed by atoms with van der Waals surface area (Å²) in [6, 6.07) is 7.83. The summed E-state index contributed by atoms with van der Waals surface area (Å²) in [5, 5.41) is 9.17. The lowest BCUT2D eigenvalue weighted by atomic mass is 9.88. The van der Waals surface area contributed by atoms with Crippen molar-refractivity contribution in [3.05, 3.63) is 41.2 Å². The standard InChI is InChI=1S/C15H16F3N5OS/c16-15(17,18)13-21-22-14(23(13)19)25-8-12(24)20-11-7-3-5-9-4-1-2-6-10(9)11/h1-2,4,6,11H,3,5,7-8,19H2,(H,20,24)/t11-/m0/s1. The number of nitrogens with one attached hydrogen (secondary N) is 1. The van der Waals surface area contributed by atoms with Crippen molar-refractivity contribution < 1.29 is 18.0 Å². The third-order valence-electron chi connectivity index (χ3n) is 3.96. The Labute approximate surface area is 146 Å². The van der Waals surface area contributed by atoms with Gasteiger partial charge < -0.3 is 11.2 Å². The second-order valence-corrected chi connectivity index (χ2v) is 6.62. The first kappa shape index (κ1) is 17.6. The monoisotopic (exact) mass is 371 g/mol. The van der Waals surface area contributed by atoms with Gasteiger partial charge in [0.2, 0.25) is 11.1 Å². The van der Waals surface area contributed by atoms with E-state index < -0.39 is 12.0 Å². The van der Waals surface area contributed by atoms with Gasteiger partial charge >= 0.3 is 6.18 Å². The molecule has 1 aliphatic carbocycles. The fourth-order valence-electron chi connectivity index (χ4n) is 2.84. The molecule has 25 heavy (non-hydrogen) atoms. The van der Waals surface area contributed by atoms with Gasteiger partial charge in [-0.15, -0.1) is 10.2 Å². The van der Waals surface area contributed by atoms with Crippen molar-refractivity contribution in [2.24, 2.45) is 0 Å². The van der Waals surface area contributed by atoms with Gasteiger partial charge in [-0.2, -0.15) is 13.2 Å². The Kier molecular flexibility index (Phi) is 4.89. The van der Waals surface area contributed by atoms with E-state index >= 15 is 0 Å². The third-order valence-corrected chi connectivity index (χ3v) is 4.90. The summed E-state index contributed by atoms with van der Waals surface area (Å²) in [6.45, 7) is 0. The quantitative estimate of drug-likeness (QED) is 0.636. The molecule has 0 saturated carbocycles. The van der Waals surface area contributed by atoms with Gasteiger partial charge in [-0.3, -0.25) is 4.79 Å². The topological polar surface area (TPSA) is 85.8 Å². The third kappa shape index (κ3) is 3.89. The van der Waals surface area contributed by atoms with Gasteiger partial charge in [0.1, 0.15) is 0 Å². The van der Waals surface area contributed by atoms with E-state index in [9.17, 15) is 18.0 Å². The summed E-state index contributed by atoms with van der Waals surface area (Å²) in [6.07, 6.45) is -1.90. The predicted molar refractivity (Wildman–Crippen MR) is 86.2 cm³/mol. The second-order valence-electron chi connectivity index (χ2n) is 5.67. The van der Waals surface area contributed by atoms with Crippen LogP contribution < -0.4 is 11.2 Å². The van der Waals surface area contributed by atoms with E-state index in [1.165, 1.54) is 5.56 Å². The van der Waals surface area contributed by atoms with Crippen molar-refractivity contribution in [2.45, 2.75) is 36.6 Å². The molecular formula is C15H16F3N5OS. The molecule has 3 N–H and O–H groups in total. The maximum Gasteiger partial charge on any atom is 0.453 e. The summed E-state index contributed by atoms with van der Waals surface area (Å²) in [5.41, 5.74) is 2.30. The molecule has 1 aliphatic rings. The number of halogens is 3. The van der Waals surface area contributed by atoms with Gasteiger partial charge in [0.05, 0.1) is 11.8 Å². The Balaban J connectivity index is 1.61. The fraction of sp³-hybridized carbons (Fsp3) is 0.400. The average Bonchev–Trinajstić information content (AvgIpc) is 2.94. The van der Waals surface area contributed by atoms with Crippen molar-refractivity contribution in [3.63, 3.8) is 0 Å². The normalized spacial score (nSPS) is 17.2. The molecule has 6 nitrogen and oxygen atoms in total. The number of fused-ring (bicyclic) bond motifs is 1. The van der Waals surface area contributed by atoms with Crippen LogP contribution in [-0.4, -0.2) is 26.5 Å². The zero-order valence-corrected chi connectivity index (χ0v) is 13.9. The van der Waals surface area contributed by atoms with Crippen molar-refractivity contribution >= 4 is 17.7 Å². The number of aryl methyl sites for hydroxylation is 1. The molecule has 1 heterocycles. The summed E-state index contributed by atoms with van der Waals surface area (Å²) < 4.78 is 38.2. The molecule has 2 aromatic rings. The molecular weight excluding hydrogens is 355 g/mol. The number of amides is 1. The number of hydrogen-bond donors (Lipinski definition) is 2. The molecule has 1 aromatic carbocycles. The van der Waals surface area contributed by atoms with Crippen LogP contribution in [-0.2, 0) is 17.4 Å². The summed E-state index contributed by atoms with van der Waals surface area (Å²) in [7, 11) is 0. The average molecular weight is 371 g/mol. The highest BCUT2D eigenvalue weighted by atomic mass is 32.2. The number of nitrogens with zero attached hydrogens (tertiary/aromatic N) is 3. The number of alkyl halides is 3. The van der Waals surface area contributed by atoms with E-state index in [1.807, 2.05) is 24.3 Å². The summed E-state index contributed by atoms with van der Waals surface area (Å²) in [4.78, 5) is 12.2. The molecule has 1 amide bonds. The van der Waals surface area contributed by atoms with Crippen LogP contribution in [0.25, 0.3) is 0 Å². The molecule has 3 rings (SSSR count). The lowest BCUT2D eigenvalue weighted by Gasteiger charge is -2.26. The fourth-order valence-corrected chi connectivity index (χ4v) is 3.51. The minimum absolute atomic E-state index is 0.0838. The maximum atomic E-state index is 12.6. The van der Waals surface area contributed by atoms with Crippen LogP contribution in [0.3, 0.4) is 0 Å². The van der Waals surface area contributed by atoms with Crippen LogP contribution >= 0.6 is 11.8 Å². The highest BCUT2D eigenvalue weighted by Gasteiger charge is 2.38. The lowest BCUT2D eigenvalue weighted by Crippen LogP contribution is -2.32. The molecule has 0 unspecified atom stereocenters. The molecule has 0 spiro atoms. The molecule has 0 bridgehead atoms. The number of thioether (sulfide) groups is 1. The number of carbonyl (C=O) groups is 1. The van der Waals surface area contributed by atoms with Crippen molar-refractivity contribution in [3.8, 4) is 0 Å².